The smallest absolute Gasteiger partial charge is 0.250 e. The van der Waals surface area contributed by atoms with Gasteiger partial charge in [-0.2, -0.15) is 11.3 Å². The zero-order chi connectivity index (χ0) is 17.7. The van der Waals surface area contributed by atoms with Gasteiger partial charge in [0.15, 0.2) is 0 Å². The number of carbonyl (C=O) groups excluding carboxylic acids is 1. The summed E-state index contributed by atoms with van der Waals surface area (Å²) in [7, 11) is -3.64. The highest BCUT2D eigenvalue weighted by atomic mass is 32.2. The topological polar surface area (TPSA) is 75.7 Å². The number of ether oxygens (including phenoxy) is 1. The molecular weight excluding hydrogens is 380 g/mol. The summed E-state index contributed by atoms with van der Waals surface area (Å²) in [6, 6.07) is 5.16. The number of carbonyl (C=O) groups is 1. The van der Waals surface area contributed by atoms with Crippen molar-refractivity contribution in [2.45, 2.75) is 29.7 Å². The summed E-state index contributed by atoms with van der Waals surface area (Å²) in [5, 5.41) is 5.64. The van der Waals surface area contributed by atoms with Gasteiger partial charge in [0.2, 0.25) is 5.91 Å². The van der Waals surface area contributed by atoms with Gasteiger partial charge in [-0.25, -0.2) is 13.1 Å². The zero-order valence-electron chi connectivity index (χ0n) is 13.6. The van der Waals surface area contributed by atoms with Crippen LogP contribution in [0.5, 0.6) is 0 Å². The van der Waals surface area contributed by atoms with Crippen LogP contribution in [0.2, 0.25) is 0 Å². The molecule has 1 N–H and O–H groups in total. The van der Waals surface area contributed by atoms with Crippen LogP contribution in [-0.4, -0.2) is 45.0 Å². The van der Waals surface area contributed by atoms with Crippen LogP contribution in [-0.2, 0) is 26.1 Å². The van der Waals surface area contributed by atoms with Crippen LogP contribution in [0.4, 0.5) is 0 Å². The molecule has 3 rings (SSSR count). The fourth-order valence-electron chi connectivity index (χ4n) is 2.65. The van der Waals surface area contributed by atoms with E-state index in [0.29, 0.717) is 13.1 Å². The van der Waals surface area contributed by atoms with Crippen molar-refractivity contribution in [2.24, 2.45) is 0 Å². The SMILES string of the molecule is O=C(CNS(=O)(=O)c1cccs1)N(Cc1ccsc1)C[C@@H]1CCCO1. The van der Waals surface area contributed by atoms with E-state index in [1.807, 2.05) is 16.8 Å². The molecule has 9 heteroatoms. The molecule has 1 aliphatic rings. The second-order valence-corrected chi connectivity index (χ2v) is 9.52. The number of amides is 1. The van der Waals surface area contributed by atoms with Crippen LogP contribution >= 0.6 is 22.7 Å². The third kappa shape index (κ3) is 5.11. The fraction of sp³-hybridized carbons (Fsp3) is 0.438. The van der Waals surface area contributed by atoms with E-state index < -0.39 is 10.0 Å². The van der Waals surface area contributed by atoms with Crippen molar-refractivity contribution in [3.05, 3.63) is 39.9 Å². The fourth-order valence-corrected chi connectivity index (χ4v) is 5.32. The molecule has 1 atom stereocenters. The largest absolute Gasteiger partial charge is 0.376 e. The molecule has 1 aliphatic heterocycles. The molecule has 0 spiro atoms. The number of thiophene rings is 2. The Labute approximate surface area is 155 Å². The summed E-state index contributed by atoms with van der Waals surface area (Å²) < 4.78 is 32.6. The Hall–Kier alpha value is -1.26. The molecule has 0 aliphatic carbocycles. The lowest BCUT2D eigenvalue weighted by Crippen LogP contribution is -2.42. The van der Waals surface area contributed by atoms with E-state index in [-0.39, 0.29) is 22.8 Å². The molecule has 136 valence electrons. The summed E-state index contributed by atoms with van der Waals surface area (Å²) in [6.07, 6.45) is 1.95. The number of nitrogens with one attached hydrogen (secondary N) is 1. The molecule has 0 bridgehead atoms. The molecule has 1 amide bonds. The lowest BCUT2D eigenvalue weighted by Gasteiger charge is -2.25. The molecule has 1 saturated heterocycles. The standard InChI is InChI=1S/C16H20N2O4S3/c19-15(9-17-25(20,21)16-4-2-7-24-16)18(10-13-5-8-23-12-13)11-14-3-1-6-22-14/h2,4-5,7-8,12,14,17H,1,3,6,9-11H2/t14-/m0/s1. The third-order valence-corrected chi connectivity index (χ3v) is 7.46. The highest BCUT2D eigenvalue weighted by Crippen LogP contribution is 2.17. The number of sulfonamides is 1. The Morgan fingerprint density at radius 1 is 1.36 bits per heavy atom. The van der Waals surface area contributed by atoms with Crippen LogP contribution in [0, 0.1) is 0 Å². The maximum absolute atomic E-state index is 12.6. The van der Waals surface area contributed by atoms with Crippen molar-refractivity contribution in [2.75, 3.05) is 19.7 Å². The summed E-state index contributed by atoms with van der Waals surface area (Å²) in [6.45, 7) is 1.41. The van der Waals surface area contributed by atoms with Crippen molar-refractivity contribution >= 4 is 38.6 Å². The van der Waals surface area contributed by atoms with Gasteiger partial charge < -0.3 is 9.64 Å². The van der Waals surface area contributed by atoms with E-state index in [2.05, 4.69) is 4.72 Å². The Balaban J connectivity index is 1.63. The van der Waals surface area contributed by atoms with Crippen molar-refractivity contribution in [3.8, 4) is 0 Å². The monoisotopic (exact) mass is 400 g/mol. The van der Waals surface area contributed by atoms with Gasteiger partial charge in [0, 0.05) is 19.7 Å². The minimum Gasteiger partial charge on any atom is -0.376 e. The van der Waals surface area contributed by atoms with Gasteiger partial charge in [-0.1, -0.05) is 6.07 Å². The molecule has 25 heavy (non-hydrogen) atoms. The van der Waals surface area contributed by atoms with Crippen molar-refractivity contribution in [1.29, 1.82) is 0 Å². The van der Waals surface area contributed by atoms with E-state index in [9.17, 15) is 13.2 Å². The Morgan fingerprint density at radius 3 is 2.88 bits per heavy atom. The van der Waals surface area contributed by atoms with E-state index >= 15 is 0 Å². The Bertz CT molecular complexity index is 766. The molecule has 0 radical (unpaired) electrons. The average Bonchev–Trinajstić information content (AvgIpc) is 3.33. The third-order valence-electron chi connectivity index (χ3n) is 3.93. The first-order valence-corrected chi connectivity index (χ1v) is 11.3. The highest BCUT2D eigenvalue weighted by Gasteiger charge is 2.24. The Kier molecular flexibility index (Phi) is 6.24. The van der Waals surface area contributed by atoms with Gasteiger partial charge in [-0.05, 0) is 46.7 Å². The molecule has 0 saturated carbocycles. The lowest BCUT2D eigenvalue weighted by atomic mass is 10.2. The molecule has 0 aromatic carbocycles. The molecule has 6 nitrogen and oxygen atoms in total. The van der Waals surface area contributed by atoms with Gasteiger partial charge in [0.1, 0.15) is 4.21 Å². The molecular formula is C16H20N2O4S3. The zero-order valence-corrected chi connectivity index (χ0v) is 16.0. The molecule has 1 fully saturated rings. The minimum absolute atomic E-state index is 0.0245. The first kappa shape index (κ1) is 18.5. The van der Waals surface area contributed by atoms with Gasteiger partial charge in [-0.3, -0.25) is 4.79 Å². The van der Waals surface area contributed by atoms with Crippen molar-refractivity contribution < 1.29 is 17.9 Å². The van der Waals surface area contributed by atoms with E-state index in [1.165, 1.54) is 6.07 Å². The molecule has 2 aromatic heterocycles. The summed E-state index contributed by atoms with van der Waals surface area (Å²) in [5.41, 5.74) is 1.04. The average molecular weight is 401 g/mol. The quantitative estimate of drug-likeness (QED) is 0.738. The number of nitrogens with zero attached hydrogens (tertiary/aromatic N) is 1. The van der Waals surface area contributed by atoms with Crippen LogP contribution in [0.3, 0.4) is 0 Å². The number of rotatable bonds is 8. The van der Waals surface area contributed by atoms with E-state index in [4.69, 9.17) is 4.74 Å². The first-order chi connectivity index (χ1) is 12.0. The van der Waals surface area contributed by atoms with Gasteiger partial charge in [0.25, 0.3) is 10.0 Å². The van der Waals surface area contributed by atoms with Gasteiger partial charge >= 0.3 is 0 Å². The van der Waals surface area contributed by atoms with Crippen molar-refractivity contribution in [3.63, 3.8) is 0 Å². The lowest BCUT2D eigenvalue weighted by molar-refractivity contribution is -0.132. The second kappa shape index (κ2) is 8.41. The van der Waals surface area contributed by atoms with Crippen LogP contribution < -0.4 is 4.72 Å². The minimum atomic E-state index is -3.64. The van der Waals surface area contributed by atoms with E-state index in [0.717, 1.165) is 36.3 Å². The second-order valence-electron chi connectivity index (χ2n) is 5.80. The first-order valence-electron chi connectivity index (χ1n) is 7.98. The maximum Gasteiger partial charge on any atom is 0.250 e. The number of hydrogen-bond donors (Lipinski definition) is 1. The summed E-state index contributed by atoms with van der Waals surface area (Å²) in [4.78, 5) is 14.3. The number of hydrogen-bond acceptors (Lipinski definition) is 6. The predicted molar refractivity (Wildman–Crippen MR) is 98.2 cm³/mol. The predicted octanol–water partition coefficient (Wildman–Crippen LogP) is 2.30. The molecule has 2 aromatic rings. The van der Waals surface area contributed by atoms with Crippen LogP contribution in [0.15, 0.2) is 38.5 Å². The van der Waals surface area contributed by atoms with E-state index in [1.54, 1.807) is 27.7 Å². The summed E-state index contributed by atoms with van der Waals surface area (Å²) in [5.74, 6) is -0.248. The van der Waals surface area contributed by atoms with Gasteiger partial charge in [0.05, 0.1) is 12.6 Å². The normalized spacial score (nSPS) is 17.7. The van der Waals surface area contributed by atoms with Gasteiger partial charge in [-0.15, -0.1) is 11.3 Å². The summed E-state index contributed by atoms with van der Waals surface area (Å²) >= 11 is 2.70. The van der Waals surface area contributed by atoms with Crippen LogP contribution in [0.1, 0.15) is 18.4 Å². The van der Waals surface area contributed by atoms with Crippen molar-refractivity contribution in [1.82, 2.24) is 9.62 Å². The molecule has 0 unspecified atom stereocenters. The molecule has 3 heterocycles. The highest BCUT2D eigenvalue weighted by molar-refractivity contribution is 7.91. The Morgan fingerprint density at radius 2 is 2.24 bits per heavy atom. The maximum atomic E-state index is 12.6. The van der Waals surface area contributed by atoms with Crippen LogP contribution in [0.25, 0.3) is 0 Å².